The summed E-state index contributed by atoms with van der Waals surface area (Å²) in [4.78, 5) is 32.9. The summed E-state index contributed by atoms with van der Waals surface area (Å²) in [6.07, 6.45) is 0. The maximum atomic E-state index is 13.6. The molecule has 172 valence electrons. The molecule has 9 heteroatoms. The van der Waals surface area contributed by atoms with Gasteiger partial charge in [-0.25, -0.2) is 4.98 Å². The molecule has 0 fully saturated rings. The molecule has 0 spiro atoms. The van der Waals surface area contributed by atoms with E-state index in [1.807, 2.05) is 6.07 Å². The van der Waals surface area contributed by atoms with E-state index in [4.69, 9.17) is 20.8 Å². The van der Waals surface area contributed by atoms with Gasteiger partial charge in [0, 0.05) is 0 Å². The summed E-state index contributed by atoms with van der Waals surface area (Å²) in [7, 11) is 1.55. The van der Waals surface area contributed by atoms with E-state index in [0.717, 1.165) is 4.70 Å². The molecular formula is C25H19ClN2O5S. The fourth-order valence-corrected chi connectivity index (χ4v) is 5.44. The van der Waals surface area contributed by atoms with Crippen LogP contribution >= 0.6 is 22.9 Å². The summed E-state index contributed by atoms with van der Waals surface area (Å²) >= 11 is 7.56. The number of carbonyl (C=O) groups excluding carboxylic acids is 2. The fraction of sp³-hybridized carbons (Fsp3) is 0.160. The fourth-order valence-electron chi connectivity index (χ4n) is 4.14. The Morgan fingerprint density at radius 2 is 1.94 bits per heavy atom. The zero-order valence-corrected chi connectivity index (χ0v) is 20.0. The number of methoxy groups -OCH3 is 1. The number of para-hydroxylation sites is 1. The average Bonchev–Trinajstić information content (AvgIpc) is 3.48. The van der Waals surface area contributed by atoms with Crippen LogP contribution in [-0.4, -0.2) is 28.9 Å². The maximum Gasteiger partial charge on any atom is 0.296 e. The van der Waals surface area contributed by atoms with Gasteiger partial charge in [-0.3, -0.25) is 14.5 Å². The van der Waals surface area contributed by atoms with Crippen LogP contribution in [0, 0.1) is 13.8 Å². The zero-order valence-electron chi connectivity index (χ0n) is 18.5. The number of nitrogens with zero attached hydrogens (tertiary/aromatic N) is 2. The standard InChI is InChI=1S/C25H19ClN2O5S/c1-12-11-16(13(2)33-12)22(29)19-21(14-7-9-15(32-3)10-8-14)28(24(31)23(19)30)25-27-20-17(26)5-4-6-18(20)34-25/h4-11,21,30H,1-3H3. The molecule has 0 saturated heterocycles. The number of aromatic nitrogens is 1. The Hall–Kier alpha value is -3.62. The van der Waals surface area contributed by atoms with Gasteiger partial charge in [0.1, 0.15) is 22.8 Å². The van der Waals surface area contributed by atoms with Crippen molar-refractivity contribution in [3.8, 4) is 5.75 Å². The highest BCUT2D eigenvalue weighted by atomic mass is 35.5. The summed E-state index contributed by atoms with van der Waals surface area (Å²) < 4.78 is 11.6. The minimum Gasteiger partial charge on any atom is -0.503 e. The van der Waals surface area contributed by atoms with Crippen LogP contribution in [0.5, 0.6) is 5.75 Å². The highest BCUT2D eigenvalue weighted by Crippen LogP contribution is 2.45. The number of aliphatic hydroxyl groups is 1. The number of fused-ring (bicyclic) bond motifs is 1. The van der Waals surface area contributed by atoms with Crippen LogP contribution in [0.25, 0.3) is 10.2 Å². The van der Waals surface area contributed by atoms with Crippen LogP contribution in [0.1, 0.15) is 33.5 Å². The van der Waals surface area contributed by atoms with Gasteiger partial charge in [-0.15, -0.1) is 0 Å². The quantitative estimate of drug-likeness (QED) is 0.344. The number of rotatable bonds is 5. The van der Waals surface area contributed by atoms with Gasteiger partial charge in [0.25, 0.3) is 5.91 Å². The summed E-state index contributed by atoms with van der Waals surface area (Å²) in [5.74, 6) is -0.221. The first-order valence-electron chi connectivity index (χ1n) is 10.4. The largest absolute Gasteiger partial charge is 0.503 e. The third kappa shape index (κ3) is 3.46. The van der Waals surface area contributed by atoms with Crippen molar-refractivity contribution in [2.45, 2.75) is 19.9 Å². The molecule has 2 aromatic carbocycles. The van der Waals surface area contributed by atoms with Gasteiger partial charge in [0.15, 0.2) is 16.7 Å². The lowest BCUT2D eigenvalue weighted by Crippen LogP contribution is -2.31. The molecule has 1 N–H and O–H groups in total. The Bertz CT molecular complexity index is 1480. The number of aryl methyl sites for hydroxylation is 2. The highest BCUT2D eigenvalue weighted by molar-refractivity contribution is 7.22. The van der Waals surface area contributed by atoms with Crippen LogP contribution in [-0.2, 0) is 4.79 Å². The normalized spacial score (nSPS) is 16.1. The Morgan fingerprint density at radius 3 is 2.56 bits per heavy atom. The van der Waals surface area contributed by atoms with Gasteiger partial charge < -0.3 is 14.3 Å². The van der Waals surface area contributed by atoms with E-state index in [0.29, 0.717) is 44.1 Å². The molecule has 2 aromatic heterocycles. The summed E-state index contributed by atoms with van der Waals surface area (Å²) in [5, 5.41) is 11.7. The van der Waals surface area contributed by atoms with Crippen molar-refractivity contribution in [2.24, 2.45) is 0 Å². The van der Waals surface area contributed by atoms with E-state index in [1.165, 1.54) is 16.2 Å². The van der Waals surface area contributed by atoms with Crippen molar-refractivity contribution in [3.05, 3.63) is 87.5 Å². The first-order chi connectivity index (χ1) is 16.3. The third-order valence-corrected chi connectivity index (χ3v) is 7.06. The lowest BCUT2D eigenvalue weighted by atomic mass is 9.93. The van der Waals surface area contributed by atoms with E-state index in [2.05, 4.69) is 4.98 Å². The number of anilines is 1. The van der Waals surface area contributed by atoms with Gasteiger partial charge in [-0.1, -0.05) is 41.1 Å². The van der Waals surface area contributed by atoms with Crippen molar-refractivity contribution in [1.82, 2.24) is 4.98 Å². The van der Waals surface area contributed by atoms with Crippen LogP contribution in [0.4, 0.5) is 5.13 Å². The van der Waals surface area contributed by atoms with Crippen molar-refractivity contribution >= 4 is 50.0 Å². The van der Waals surface area contributed by atoms with Crippen molar-refractivity contribution in [3.63, 3.8) is 0 Å². The van der Waals surface area contributed by atoms with Crippen LogP contribution in [0.2, 0.25) is 5.02 Å². The molecule has 0 aliphatic carbocycles. The van der Waals surface area contributed by atoms with Crippen LogP contribution in [0.3, 0.4) is 0 Å². The Kier molecular flexibility index (Phi) is 5.42. The smallest absolute Gasteiger partial charge is 0.296 e. The van der Waals surface area contributed by atoms with Crippen molar-refractivity contribution < 1.29 is 23.8 Å². The minimum atomic E-state index is -0.903. The van der Waals surface area contributed by atoms with E-state index in [9.17, 15) is 14.7 Å². The topological polar surface area (TPSA) is 92.9 Å². The van der Waals surface area contributed by atoms with E-state index >= 15 is 0 Å². The Morgan fingerprint density at radius 1 is 1.21 bits per heavy atom. The summed E-state index contributed by atoms with van der Waals surface area (Å²) in [5.41, 5.74) is 1.42. The Labute approximate surface area is 203 Å². The number of thiazole rings is 1. The molecule has 1 amide bonds. The molecule has 0 saturated carbocycles. The molecule has 34 heavy (non-hydrogen) atoms. The molecule has 0 bridgehead atoms. The second kappa shape index (κ2) is 8.30. The zero-order chi connectivity index (χ0) is 24.1. The van der Waals surface area contributed by atoms with E-state index in [1.54, 1.807) is 63.4 Å². The molecule has 4 aromatic rings. The minimum absolute atomic E-state index is 0.0376. The number of amides is 1. The number of carbonyl (C=O) groups is 2. The lowest BCUT2D eigenvalue weighted by molar-refractivity contribution is -0.117. The number of halogens is 1. The number of furan rings is 1. The molecule has 0 radical (unpaired) electrons. The van der Waals surface area contributed by atoms with Gasteiger partial charge in [0.05, 0.1) is 34.0 Å². The first kappa shape index (κ1) is 22.2. The first-order valence-corrected chi connectivity index (χ1v) is 11.6. The molecule has 1 aliphatic heterocycles. The second-order valence-corrected chi connectivity index (χ2v) is 9.27. The second-order valence-electron chi connectivity index (χ2n) is 7.85. The van der Waals surface area contributed by atoms with Gasteiger partial charge >= 0.3 is 0 Å². The number of ether oxygens (including phenoxy) is 1. The average molecular weight is 495 g/mol. The number of hydrogen-bond donors (Lipinski definition) is 1. The number of hydrogen-bond acceptors (Lipinski definition) is 7. The van der Waals surface area contributed by atoms with Gasteiger partial charge in [-0.2, -0.15) is 0 Å². The molecule has 1 atom stereocenters. The van der Waals surface area contributed by atoms with Gasteiger partial charge in [-0.05, 0) is 49.7 Å². The van der Waals surface area contributed by atoms with E-state index in [-0.39, 0.29) is 5.57 Å². The van der Waals surface area contributed by atoms with Crippen LogP contribution in [0.15, 0.2) is 64.3 Å². The number of Topliss-reactive ketones (excluding diaryl/α,β-unsaturated/α-hetero) is 1. The summed E-state index contributed by atoms with van der Waals surface area (Å²) in [6.45, 7) is 3.40. The van der Waals surface area contributed by atoms with E-state index < -0.39 is 23.5 Å². The number of aliphatic hydroxyl groups excluding tert-OH is 1. The predicted octanol–water partition coefficient (Wildman–Crippen LogP) is 5.95. The maximum absolute atomic E-state index is 13.6. The SMILES string of the molecule is COc1ccc(C2C(C(=O)c3cc(C)oc3C)=C(O)C(=O)N2c2nc3c(Cl)cccc3s2)cc1. The molecular weight excluding hydrogens is 476 g/mol. The molecule has 3 heterocycles. The number of benzene rings is 2. The van der Waals surface area contributed by atoms with Gasteiger partial charge in [0.2, 0.25) is 0 Å². The number of ketones is 1. The van der Waals surface area contributed by atoms with Crippen LogP contribution < -0.4 is 9.64 Å². The summed E-state index contributed by atoms with van der Waals surface area (Å²) in [6, 6.07) is 13.0. The highest BCUT2D eigenvalue weighted by Gasteiger charge is 2.46. The molecule has 1 unspecified atom stereocenters. The van der Waals surface area contributed by atoms with Crippen molar-refractivity contribution in [2.75, 3.05) is 12.0 Å². The Balaban J connectivity index is 1.69. The molecule has 7 nitrogen and oxygen atoms in total. The third-order valence-electron chi connectivity index (χ3n) is 5.73. The molecule has 1 aliphatic rings. The molecule has 5 rings (SSSR count). The predicted molar refractivity (Wildman–Crippen MR) is 130 cm³/mol. The monoisotopic (exact) mass is 494 g/mol. The lowest BCUT2D eigenvalue weighted by Gasteiger charge is -2.24. The van der Waals surface area contributed by atoms with Crippen molar-refractivity contribution in [1.29, 1.82) is 0 Å².